The highest BCUT2D eigenvalue weighted by atomic mass is 35.5. The van der Waals surface area contributed by atoms with Gasteiger partial charge in [0.25, 0.3) is 5.91 Å². The molecule has 1 aliphatic carbocycles. The summed E-state index contributed by atoms with van der Waals surface area (Å²) in [4.78, 5) is 31.5. The molecular weight excluding hydrogens is 512 g/mol. The fourth-order valence-electron chi connectivity index (χ4n) is 4.47. The van der Waals surface area contributed by atoms with Gasteiger partial charge < -0.3 is 10.2 Å². The van der Waals surface area contributed by atoms with Crippen molar-refractivity contribution in [3.63, 3.8) is 0 Å². The first-order valence-corrected chi connectivity index (χ1v) is 12.8. The molecule has 1 aromatic carbocycles. The van der Waals surface area contributed by atoms with E-state index in [1.54, 1.807) is 30.0 Å². The third-order valence-corrected chi connectivity index (χ3v) is 7.12. The molecule has 38 heavy (non-hydrogen) atoms. The predicted octanol–water partition coefficient (Wildman–Crippen LogP) is 4.77. The van der Waals surface area contributed by atoms with Gasteiger partial charge in [0.1, 0.15) is 23.0 Å². The highest BCUT2D eigenvalue weighted by Crippen LogP contribution is 2.35. The summed E-state index contributed by atoms with van der Waals surface area (Å²) in [6.07, 6.45) is 5.02. The monoisotopic (exact) mass is 537 g/mol. The van der Waals surface area contributed by atoms with Crippen molar-refractivity contribution in [3.8, 4) is 11.8 Å². The van der Waals surface area contributed by atoms with Crippen molar-refractivity contribution in [2.24, 2.45) is 5.92 Å². The molecule has 1 saturated carbocycles. The molecular formula is C28H26ClF2N5O2. The number of carbonyl (C=O) groups is 2. The summed E-state index contributed by atoms with van der Waals surface area (Å²) in [6.45, 7) is 2.33. The van der Waals surface area contributed by atoms with E-state index in [0.29, 0.717) is 35.6 Å². The van der Waals surface area contributed by atoms with Gasteiger partial charge in [-0.1, -0.05) is 23.4 Å². The van der Waals surface area contributed by atoms with E-state index in [9.17, 15) is 14.0 Å². The van der Waals surface area contributed by atoms with Gasteiger partial charge in [0, 0.05) is 49.2 Å². The number of amides is 2. The van der Waals surface area contributed by atoms with Crippen molar-refractivity contribution in [2.45, 2.75) is 44.8 Å². The fraction of sp³-hybridized carbons (Fsp3) is 0.357. The van der Waals surface area contributed by atoms with Crippen LogP contribution in [0.25, 0.3) is 0 Å². The highest BCUT2D eigenvalue weighted by Gasteiger charge is 2.41. The van der Waals surface area contributed by atoms with Crippen molar-refractivity contribution in [1.29, 1.82) is 0 Å². The number of likely N-dealkylation sites (tertiary alicyclic amines) is 1. The number of halogens is 3. The Hall–Kier alpha value is -3.77. The standard InChI is InChI=1S/C28H26ClF2N5O2/c1-18-14-20(3-2-19-4-8-22(30)9-5-19)15-32-25(18)34-26(37)24-23(29)16-33-36(24)17-28(31)10-12-35(13-11-28)27(38)21-6-7-21/h4-5,8-9,14-16,21H,6-7,10-13,17H2,1H3,(H,32,34,37). The van der Waals surface area contributed by atoms with E-state index in [0.717, 1.165) is 12.8 Å². The van der Waals surface area contributed by atoms with Crippen molar-refractivity contribution in [2.75, 3.05) is 18.4 Å². The summed E-state index contributed by atoms with van der Waals surface area (Å²) in [5.74, 6) is 5.56. The van der Waals surface area contributed by atoms with Gasteiger partial charge in [0.15, 0.2) is 0 Å². The predicted molar refractivity (Wildman–Crippen MR) is 139 cm³/mol. The molecule has 10 heteroatoms. The normalized spacial score (nSPS) is 16.5. The van der Waals surface area contributed by atoms with Gasteiger partial charge >= 0.3 is 0 Å². The van der Waals surface area contributed by atoms with Gasteiger partial charge in [-0.15, -0.1) is 0 Å². The maximum Gasteiger partial charge on any atom is 0.276 e. The minimum Gasteiger partial charge on any atom is -0.342 e. The smallest absolute Gasteiger partial charge is 0.276 e. The zero-order valence-corrected chi connectivity index (χ0v) is 21.6. The number of carbonyl (C=O) groups excluding carboxylic acids is 2. The number of aromatic nitrogens is 3. The van der Waals surface area contributed by atoms with E-state index in [-0.39, 0.29) is 47.7 Å². The van der Waals surface area contributed by atoms with Crippen LogP contribution >= 0.6 is 11.6 Å². The third kappa shape index (κ3) is 5.86. The largest absolute Gasteiger partial charge is 0.342 e. The van der Waals surface area contributed by atoms with E-state index in [2.05, 4.69) is 27.2 Å². The SMILES string of the molecule is Cc1cc(C#Cc2ccc(F)cc2)cnc1NC(=O)c1c(Cl)cnn1CC1(F)CCN(C(=O)C2CC2)CC1. The molecule has 2 fully saturated rings. The maximum absolute atomic E-state index is 15.7. The Morgan fingerprint density at radius 1 is 1.13 bits per heavy atom. The number of piperidine rings is 1. The number of rotatable bonds is 5. The van der Waals surface area contributed by atoms with Crippen LogP contribution in [0.3, 0.4) is 0 Å². The number of hydrogen-bond acceptors (Lipinski definition) is 4. The number of benzene rings is 1. The first-order valence-electron chi connectivity index (χ1n) is 12.5. The van der Waals surface area contributed by atoms with Crippen LogP contribution in [0.1, 0.15) is 52.9 Å². The molecule has 1 aliphatic heterocycles. The third-order valence-electron chi connectivity index (χ3n) is 6.85. The number of hydrogen-bond donors (Lipinski definition) is 1. The number of aryl methyl sites for hydroxylation is 1. The molecule has 5 rings (SSSR count). The van der Waals surface area contributed by atoms with E-state index in [4.69, 9.17) is 11.6 Å². The molecule has 0 unspecified atom stereocenters. The molecule has 0 atom stereocenters. The van der Waals surface area contributed by atoms with Crippen LogP contribution in [-0.2, 0) is 11.3 Å². The lowest BCUT2D eigenvalue weighted by Gasteiger charge is -2.36. The first-order chi connectivity index (χ1) is 18.2. The Morgan fingerprint density at radius 3 is 2.47 bits per heavy atom. The minimum atomic E-state index is -1.61. The molecule has 0 radical (unpaired) electrons. The summed E-state index contributed by atoms with van der Waals surface area (Å²) in [5.41, 5.74) is 0.389. The van der Waals surface area contributed by atoms with Gasteiger partial charge in [0.05, 0.1) is 17.8 Å². The number of anilines is 1. The summed E-state index contributed by atoms with van der Waals surface area (Å²) in [7, 11) is 0. The van der Waals surface area contributed by atoms with Crippen molar-refractivity contribution in [3.05, 3.63) is 75.9 Å². The Balaban J connectivity index is 1.25. The molecule has 3 aromatic rings. The van der Waals surface area contributed by atoms with Crippen LogP contribution in [0.2, 0.25) is 5.02 Å². The molecule has 196 valence electrons. The zero-order valence-electron chi connectivity index (χ0n) is 20.8. The van der Waals surface area contributed by atoms with Gasteiger partial charge in [-0.05, 0) is 55.7 Å². The summed E-state index contributed by atoms with van der Waals surface area (Å²) in [6, 6.07) is 7.62. The lowest BCUT2D eigenvalue weighted by molar-refractivity contribution is -0.135. The molecule has 1 saturated heterocycles. The summed E-state index contributed by atoms with van der Waals surface area (Å²) >= 11 is 6.27. The van der Waals surface area contributed by atoms with Gasteiger partial charge in [0.2, 0.25) is 5.91 Å². The lowest BCUT2D eigenvalue weighted by atomic mass is 9.93. The molecule has 7 nitrogen and oxygen atoms in total. The molecule has 0 spiro atoms. The average Bonchev–Trinajstić information content (AvgIpc) is 3.68. The number of nitrogens with one attached hydrogen (secondary N) is 1. The van der Waals surface area contributed by atoms with Gasteiger partial charge in [-0.2, -0.15) is 5.10 Å². The molecule has 3 heterocycles. The van der Waals surface area contributed by atoms with Crippen molar-refractivity contribution < 1.29 is 18.4 Å². The quantitative estimate of drug-likeness (QED) is 0.475. The lowest BCUT2D eigenvalue weighted by Crippen LogP contribution is -2.47. The number of alkyl halides is 1. The van der Waals surface area contributed by atoms with Crippen LogP contribution in [0.4, 0.5) is 14.6 Å². The Bertz CT molecular complexity index is 1430. The average molecular weight is 538 g/mol. The summed E-state index contributed by atoms with van der Waals surface area (Å²) < 4.78 is 30.1. The highest BCUT2D eigenvalue weighted by molar-refractivity contribution is 6.34. The van der Waals surface area contributed by atoms with Gasteiger partial charge in [-0.3, -0.25) is 14.3 Å². The topological polar surface area (TPSA) is 80.1 Å². The van der Waals surface area contributed by atoms with Crippen LogP contribution in [0.5, 0.6) is 0 Å². The van der Waals surface area contributed by atoms with Crippen LogP contribution in [-0.4, -0.2) is 50.2 Å². The second-order valence-corrected chi connectivity index (χ2v) is 10.3. The van der Waals surface area contributed by atoms with Crippen LogP contribution < -0.4 is 5.32 Å². The van der Waals surface area contributed by atoms with Gasteiger partial charge in [-0.25, -0.2) is 13.8 Å². The number of nitrogens with zero attached hydrogens (tertiary/aromatic N) is 4. The zero-order chi connectivity index (χ0) is 26.9. The second-order valence-electron chi connectivity index (χ2n) is 9.85. The van der Waals surface area contributed by atoms with Crippen LogP contribution in [0, 0.1) is 30.5 Å². The Labute approximate surface area is 224 Å². The minimum absolute atomic E-state index is 0.0431. The molecule has 2 amide bonds. The fourth-order valence-corrected chi connectivity index (χ4v) is 4.70. The molecule has 2 aromatic heterocycles. The van der Waals surface area contributed by atoms with E-state index < -0.39 is 11.6 Å². The van der Waals surface area contributed by atoms with Crippen molar-refractivity contribution in [1.82, 2.24) is 19.7 Å². The number of pyridine rings is 1. The van der Waals surface area contributed by atoms with E-state index >= 15 is 4.39 Å². The van der Waals surface area contributed by atoms with Crippen LogP contribution in [0.15, 0.2) is 42.7 Å². The maximum atomic E-state index is 15.7. The summed E-state index contributed by atoms with van der Waals surface area (Å²) in [5, 5.41) is 6.98. The molecule has 2 aliphatic rings. The van der Waals surface area contributed by atoms with E-state index in [1.807, 2.05) is 0 Å². The Kier molecular flexibility index (Phi) is 7.17. The Morgan fingerprint density at radius 2 is 1.82 bits per heavy atom. The van der Waals surface area contributed by atoms with Crippen molar-refractivity contribution >= 4 is 29.2 Å². The second kappa shape index (κ2) is 10.5. The molecule has 1 N–H and O–H groups in total. The van der Waals surface area contributed by atoms with E-state index in [1.165, 1.54) is 29.2 Å². The first kappa shape index (κ1) is 25.9. The molecule has 0 bridgehead atoms.